The first-order chi connectivity index (χ1) is 8.04. The van der Waals surface area contributed by atoms with Crippen molar-refractivity contribution in [2.45, 2.75) is 18.2 Å². The van der Waals surface area contributed by atoms with Crippen molar-refractivity contribution >= 4 is 19.7 Å². The molecule has 1 heterocycles. The molecule has 5 nitrogen and oxygen atoms in total. The average Bonchev–Trinajstić information content (AvgIpc) is 2.12. The minimum Gasteiger partial charge on any atom is -0.490 e. The molecular formula is C8H7ClF3NO4S. The summed E-state index contributed by atoms with van der Waals surface area (Å²) in [4.78, 5) is 2.77. The van der Waals surface area contributed by atoms with E-state index in [1.54, 1.807) is 0 Å². The Morgan fingerprint density at radius 2 is 1.94 bits per heavy atom. The number of aryl methyl sites for hydroxylation is 1. The second-order valence-corrected chi connectivity index (χ2v) is 5.62. The second kappa shape index (κ2) is 4.81. The van der Waals surface area contributed by atoms with Crippen LogP contribution >= 0.6 is 10.7 Å². The fraction of sp³-hybridized carbons (Fsp3) is 0.375. The van der Waals surface area contributed by atoms with Crippen molar-refractivity contribution < 1.29 is 31.1 Å². The molecule has 1 rings (SSSR count). The summed E-state index contributed by atoms with van der Waals surface area (Å²) in [6, 6.07) is 0.977. The Morgan fingerprint density at radius 1 is 1.39 bits per heavy atom. The molecule has 102 valence electrons. The van der Waals surface area contributed by atoms with Gasteiger partial charge in [-0.25, -0.2) is 13.4 Å². The number of hydrogen-bond donors (Lipinski definition) is 0. The summed E-state index contributed by atoms with van der Waals surface area (Å²) in [5.41, 5.74) is -0.0192. The summed E-state index contributed by atoms with van der Waals surface area (Å²) >= 11 is 0. The van der Waals surface area contributed by atoms with Crippen molar-refractivity contribution in [3.63, 3.8) is 0 Å². The molecule has 0 saturated heterocycles. The lowest BCUT2D eigenvalue weighted by atomic mass is 10.3. The third-order valence-corrected chi connectivity index (χ3v) is 3.04. The van der Waals surface area contributed by atoms with Gasteiger partial charge in [-0.15, -0.1) is 13.2 Å². The van der Waals surface area contributed by atoms with Crippen molar-refractivity contribution in [2.24, 2.45) is 0 Å². The van der Waals surface area contributed by atoms with Crippen molar-refractivity contribution in [3.05, 3.63) is 11.8 Å². The molecular weight excluding hydrogens is 299 g/mol. The largest absolute Gasteiger partial charge is 0.574 e. The number of halogens is 4. The highest BCUT2D eigenvalue weighted by molar-refractivity contribution is 8.13. The van der Waals surface area contributed by atoms with Crippen molar-refractivity contribution in [1.82, 2.24) is 4.98 Å². The molecule has 0 spiro atoms. The summed E-state index contributed by atoms with van der Waals surface area (Å²) in [5.74, 6) is -1.71. The van der Waals surface area contributed by atoms with E-state index >= 15 is 0 Å². The Kier molecular flexibility index (Phi) is 3.96. The van der Waals surface area contributed by atoms with E-state index in [1.807, 2.05) is 0 Å². The molecule has 0 atom stereocenters. The molecule has 1 aromatic heterocycles. The van der Waals surface area contributed by atoms with Gasteiger partial charge in [-0.2, -0.15) is 0 Å². The first-order valence-corrected chi connectivity index (χ1v) is 6.61. The summed E-state index contributed by atoms with van der Waals surface area (Å²) < 4.78 is 66.9. The van der Waals surface area contributed by atoms with E-state index < -0.39 is 31.9 Å². The zero-order valence-electron chi connectivity index (χ0n) is 9.08. The van der Waals surface area contributed by atoms with Gasteiger partial charge in [-0.05, 0) is 13.0 Å². The molecule has 0 radical (unpaired) electrons. The van der Waals surface area contributed by atoms with E-state index in [-0.39, 0.29) is 5.69 Å². The Balaban J connectivity index is 3.48. The van der Waals surface area contributed by atoms with Gasteiger partial charge in [0, 0.05) is 16.4 Å². The number of methoxy groups -OCH3 is 1. The smallest absolute Gasteiger partial charge is 0.490 e. The molecule has 0 aliphatic rings. The van der Waals surface area contributed by atoms with Crippen LogP contribution in [0.1, 0.15) is 5.69 Å². The predicted octanol–water partition coefficient (Wildman–Crippen LogP) is 2.22. The van der Waals surface area contributed by atoms with Crippen LogP contribution in [-0.2, 0) is 9.05 Å². The fourth-order valence-corrected chi connectivity index (χ4v) is 2.20. The molecule has 1 aromatic rings. The zero-order valence-corrected chi connectivity index (χ0v) is 10.7. The summed E-state index contributed by atoms with van der Waals surface area (Å²) in [7, 11) is 1.77. The van der Waals surface area contributed by atoms with Crippen LogP contribution in [-0.4, -0.2) is 26.9 Å². The number of rotatable bonds is 3. The first-order valence-electron chi connectivity index (χ1n) is 4.30. The maximum Gasteiger partial charge on any atom is 0.574 e. The summed E-state index contributed by atoms with van der Waals surface area (Å²) in [5, 5.41) is 0. The van der Waals surface area contributed by atoms with Crippen LogP contribution in [0.15, 0.2) is 11.0 Å². The first kappa shape index (κ1) is 14.8. The highest BCUT2D eigenvalue weighted by Crippen LogP contribution is 2.37. The molecule has 0 amide bonds. The van der Waals surface area contributed by atoms with Crippen LogP contribution < -0.4 is 9.47 Å². The van der Waals surface area contributed by atoms with Gasteiger partial charge in [0.15, 0.2) is 0 Å². The van der Waals surface area contributed by atoms with Gasteiger partial charge in [0.1, 0.15) is 4.90 Å². The van der Waals surface area contributed by atoms with Crippen LogP contribution in [0.25, 0.3) is 0 Å². The van der Waals surface area contributed by atoms with Gasteiger partial charge in [0.05, 0.1) is 7.11 Å². The molecule has 0 unspecified atom stereocenters. The third-order valence-electron chi connectivity index (χ3n) is 1.72. The van der Waals surface area contributed by atoms with Gasteiger partial charge in [0.25, 0.3) is 14.9 Å². The molecule has 0 aromatic carbocycles. The molecule has 0 bridgehead atoms. The standard InChI is InChI=1S/C8H7ClF3NO4S/c1-4-3-5(18(9,14)15)6(16-2)7(13-4)17-8(10,11)12/h3H,1-2H3. The fourth-order valence-electron chi connectivity index (χ4n) is 1.15. The normalized spacial score (nSPS) is 12.3. The SMILES string of the molecule is COc1c(S(=O)(=O)Cl)cc(C)nc1OC(F)(F)F. The number of ether oxygens (including phenoxy) is 2. The molecule has 18 heavy (non-hydrogen) atoms. The highest BCUT2D eigenvalue weighted by Gasteiger charge is 2.35. The summed E-state index contributed by atoms with van der Waals surface area (Å²) in [6.07, 6.45) is -5.03. The van der Waals surface area contributed by atoms with Crippen molar-refractivity contribution in [1.29, 1.82) is 0 Å². The minimum atomic E-state index is -5.03. The average molecular weight is 306 g/mol. The van der Waals surface area contributed by atoms with Crippen molar-refractivity contribution in [2.75, 3.05) is 7.11 Å². The Labute approximate surface area is 105 Å². The number of hydrogen-bond acceptors (Lipinski definition) is 5. The van der Waals surface area contributed by atoms with Crippen LogP contribution in [0.3, 0.4) is 0 Å². The Hall–Kier alpha value is -1.22. The van der Waals surface area contributed by atoms with E-state index in [0.717, 1.165) is 13.2 Å². The van der Waals surface area contributed by atoms with Crippen LogP contribution in [0.4, 0.5) is 13.2 Å². The number of pyridine rings is 1. The predicted molar refractivity (Wildman–Crippen MR) is 55.2 cm³/mol. The monoisotopic (exact) mass is 305 g/mol. The zero-order chi connectivity index (χ0) is 14.1. The van der Waals surface area contributed by atoms with Crippen LogP contribution in [0.5, 0.6) is 11.6 Å². The van der Waals surface area contributed by atoms with Gasteiger partial charge in [-0.3, -0.25) is 0 Å². The van der Waals surface area contributed by atoms with Gasteiger partial charge < -0.3 is 9.47 Å². The van der Waals surface area contributed by atoms with E-state index in [1.165, 1.54) is 6.92 Å². The number of nitrogens with zero attached hydrogens (tertiary/aromatic N) is 1. The Morgan fingerprint density at radius 3 is 2.33 bits per heavy atom. The summed E-state index contributed by atoms with van der Waals surface area (Å²) in [6.45, 7) is 1.29. The molecule has 0 N–H and O–H groups in total. The maximum atomic E-state index is 12.1. The van der Waals surface area contributed by atoms with Gasteiger partial charge in [0.2, 0.25) is 5.75 Å². The molecule has 10 heteroatoms. The van der Waals surface area contributed by atoms with E-state index in [4.69, 9.17) is 10.7 Å². The lowest BCUT2D eigenvalue weighted by molar-refractivity contribution is -0.276. The van der Waals surface area contributed by atoms with Crippen LogP contribution in [0.2, 0.25) is 0 Å². The third kappa shape index (κ3) is 3.64. The minimum absolute atomic E-state index is 0.0192. The van der Waals surface area contributed by atoms with Gasteiger partial charge in [-0.1, -0.05) is 0 Å². The number of aromatic nitrogens is 1. The molecule has 0 aliphatic heterocycles. The number of alkyl halides is 3. The van der Waals surface area contributed by atoms with E-state index in [2.05, 4.69) is 14.5 Å². The highest BCUT2D eigenvalue weighted by atomic mass is 35.7. The molecule has 0 saturated carbocycles. The second-order valence-electron chi connectivity index (χ2n) is 3.09. The lowest BCUT2D eigenvalue weighted by Crippen LogP contribution is -2.19. The Bertz CT molecular complexity index is 558. The maximum absolute atomic E-state index is 12.1. The quantitative estimate of drug-likeness (QED) is 0.801. The topological polar surface area (TPSA) is 65.5 Å². The van der Waals surface area contributed by atoms with E-state index in [0.29, 0.717) is 0 Å². The van der Waals surface area contributed by atoms with Crippen LogP contribution in [0, 0.1) is 6.92 Å². The van der Waals surface area contributed by atoms with Crippen molar-refractivity contribution in [3.8, 4) is 11.6 Å². The van der Waals surface area contributed by atoms with E-state index in [9.17, 15) is 21.6 Å². The molecule has 0 aliphatic carbocycles. The molecule has 0 fully saturated rings. The lowest BCUT2D eigenvalue weighted by Gasteiger charge is -2.14. The van der Waals surface area contributed by atoms with Gasteiger partial charge >= 0.3 is 6.36 Å².